The van der Waals surface area contributed by atoms with Crippen molar-refractivity contribution < 1.29 is 14.3 Å². The molecule has 2 aromatic rings. The summed E-state index contributed by atoms with van der Waals surface area (Å²) in [6.07, 6.45) is 0.663. The summed E-state index contributed by atoms with van der Waals surface area (Å²) in [7, 11) is 0. The fourth-order valence-electron chi connectivity index (χ4n) is 2.18. The molecule has 7 heteroatoms. The van der Waals surface area contributed by atoms with Crippen LogP contribution in [0, 0.1) is 0 Å². The summed E-state index contributed by atoms with van der Waals surface area (Å²) in [5.41, 5.74) is 1.39. The highest BCUT2D eigenvalue weighted by molar-refractivity contribution is 6.30. The minimum Gasteiger partial charge on any atom is -0.484 e. The zero-order valence-corrected chi connectivity index (χ0v) is 16.1. The van der Waals surface area contributed by atoms with E-state index in [0.29, 0.717) is 34.5 Å². The lowest BCUT2D eigenvalue weighted by Crippen LogP contribution is -2.31. The van der Waals surface area contributed by atoms with Gasteiger partial charge in [0.2, 0.25) is 5.91 Å². The number of hydrogen-bond acceptors (Lipinski definition) is 3. The van der Waals surface area contributed by atoms with E-state index in [9.17, 15) is 9.59 Å². The van der Waals surface area contributed by atoms with Crippen molar-refractivity contribution in [3.8, 4) is 5.75 Å². The lowest BCUT2D eigenvalue weighted by molar-refractivity contribution is -0.123. The van der Waals surface area contributed by atoms with Gasteiger partial charge >= 0.3 is 0 Å². The molecule has 0 fully saturated rings. The molecule has 27 heavy (non-hydrogen) atoms. The van der Waals surface area contributed by atoms with Crippen molar-refractivity contribution in [3.63, 3.8) is 0 Å². The van der Waals surface area contributed by atoms with Crippen molar-refractivity contribution in [2.75, 3.05) is 13.2 Å². The quantitative estimate of drug-likeness (QED) is 0.666. The average molecular weight is 407 g/mol. The lowest BCUT2D eigenvalue weighted by Gasteiger charge is -2.10. The monoisotopic (exact) mass is 406 g/mol. The molecule has 0 aliphatic heterocycles. The summed E-state index contributed by atoms with van der Waals surface area (Å²) in [5.74, 6) is 0.137. The number of rotatable bonds is 9. The number of carbonyl (C=O) groups is 2. The second-order valence-corrected chi connectivity index (χ2v) is 6.67. The molecule has 5 nitrogen and oxygen atoms in total. The SMILES string of the molecule is C=C(CCNC(=O)COc1ccc(Cl)cc1)NC(=O)Cc1ccc(Cl)cc1. The zero-order valence-electron chi connectivity index (χ0n) is 14.6. The van der Waals surface area contributed by atoms with Crippen LogP contribution >= 0.6 is 23.2 Å². The van der Waals surface area contributed by atoms with E-state index >= 15 is 0 Å². The van der Waals surface area contributed by atoms with Crippen LogP contribution in [0.3, 0.4) is 0 Å². The molecule has 0 unspecified atom stereocenters. The summed E-state index contributed by atoms with van der Waals surface area (Å²) in [6.45, 7) is 4.05. The van der Waals surface area contributed by atoms with Gasteiger partial charge in [0.05, 0.1) is 6.42 Å². The standard InChI is InChI=1S/C20H20Cl2N2O3/c1-14(24-19(25)12-15-2-4-16(21)5-3-15)10-11-23-20(26)13-27-18-8-6-17(22)7-9-18/h2-9H,1,10-13H2,(H,23,26)(H,24,25). The minimum absolute atomic E-state index is 0.100. The molecular formula is C20H20Cl2N2O3. The second-order valence-electron chi connectivity index (χ2n) is 5.80. The van der Waals surface area contributed by atoms with E-state index in [-0.39, 0.29) is 24.8 Å². The van der Waals surface area contributed by atoms with Crippen LogP contribution in [0.1, 0.15) is 12.0 Å². The Balaban J connectivity index is 1.61. The lowest BCUT2D eigenvalue weighted by atomic mass is 10.1. The normalized spacial score (nSPS) is 10.1. The molecule has 2 amide bonds. The first-order valence-corrected chi connectivity index (χ1v) is 9.05. The van der Waals surface area contributed by atoms with Crippen molar-refractivity contribution >= 4 is 35.0 Å². The Bertz CT molecular complexity index is 790. The molecule has 0 aliphatic rings. The van der Waals surface area contributed by atoms with Gasteiger partial charge in [-0.1, -0.05) is 41.9 Å². The molecule has 0 spiro atoms. The number of amides is 2. The van der Waals surface area contributed by atoms with E-state index in [1.165, 1.54) is 0 Å². The van der Waals surface area contributed by atoms with Gasteiger partial charge in [0.15, 0.2) is 6.61 Å². The van der Waals surface area contributed by atoms with E-state index in [4.69, 9.17) is 27.9 Å². The Hall–Kier alpha value is -2.50. The van der Waals surface area contributed by atoms with Crippen LogP contribution in [0.5, 0.6) is 5.75 Å². The van der Waals surface area contributed by atoms with Gasteiger partial charge < -0.3 is 15.4 Å². The number of halogens is 2. The van der Waals surface area contributed by atoms with Crippen molar-refractivity contribution in [2.24, 2.45) is 0 Å². The van der Waals surface area contributed by atoms with Crippen LogP contribution in [-0.4, -0.2) is 25.0 Å². The number of benzene rings is 2. The Labute approximate surface area is 168 Å². The maximum absolute atomic E-state index is 12.0. The Kier molecular flexibility index (Phi) is 8.17. The molecule has 0 saturated carbocycles. The van der Waals surface area contributed by atoms with Crippen molar-refractivity contribution in [2.45, 2.75) is 12.8 Å². The highest BCUT2D eigenvalue weighted by Gasteiger charge is 2.07. The summed E-state index contributed by atoms with van der Waals surface area (Å²) >= 11 is 11.6. The van der Waals surface area contributed by atoms with Crippen LogP contribution < -0.4 is 15.4 Å². The van der Waals surface area contributed by atoms with Crippen molar-refractivity contribution in [3.05, 3.63) is 76.4 Å². The second kappa shape index (κ2) is 10.6. The largest absolute Gasteiger partial charge is 0.484 e. The first-order valence-electron chi connectivity index (χ1n) is 8.29. The van der Waals surface area contributed by atoms with Gasteiger partial charge in [-0.15, -0.1) is 0 Å². The van der Waals surface area contributed by atoms with Crippen LogP contribution in [-0.2, 0) is 16.0 Å². The van der Waals surface area contributed by atoms with Gasteiger partial charge in [0, 0.05) is 28.7 Å². The molecule has 0 saturated heterocycles. The smallest absolute Gasteiger partial charge is 0.257 e. The maximum atomic E-state index is 12.0. The predicted octanol–water partition coefficient (Wildman–Crippen LogP) is 3.75. The van der Waals surface area contributed by atoms with E-state index in [2.05, 4.69) is 17.2 Å². The van der Waals surface area contributed by atoms with Gasteiger partial charge in [-0.25, -0.2) is 0 Å². The Morgan fingerprint density at radius 3 is 2.15 bits per heavy atom. The fraction of sp³-hybridized carbons (Fsp3) is 0.200. The minimum atomic E-state index is -0.259. The highest BCUT2D eigenvalue weighted by Crippen LogP contribution is 2.15. The van der Waals surface area contributed by atoms with Crippen LogP contribution in [0.2, 0.25) is 10.0 Å². The Morgan fingerprint density at radius 2 is 1.52 bits per heavy atom. The van der Waals surface area contributed by atoms with Gasteiger partial charge in [-0.2, -0.15) is 0 Å². The summed E-state index contributed by atoms with van der Waals surface area (Å²) in [5, 5.41) is 6.65. The first-order chi connectivity index (χ1) is 12.9. The third kappa shape index (κ3) is 8.15. The first kappa shape index (κ1) is 20.8. The zero-order chi connectivity index (χ0) is 19.6. The molecule has 2 rings (SSSR count). The van der Waals surface area contributed by atoms with Gasteiger partial charge in [0.25, 0.3) is 5.91 Å². The molecule has 0 aromatic heterocycles. The van der Waals surface area contributed by atoms with E-state index in [0.717, 1.165) is 5.56 Å². The Morgan fingerprint density at radius 1 is 0.926 bits per heavy atom. The molecule has 0 bridgehead atoms. The fourth-order valence-corrected chi connectivity index (χ4v) is 2.43. The third-order valence-electron chi connectivity index (χ3n) is 3.53. The molecular weight excluding hydrogens is 387 g/mol. The molecule has 2 N–H and O–H groups in total. The third-order valence-corrected chi connectivity index (χ3v) is 4.03. The molecule has 0 radical (unpaired) electrons. The number of hydrogen-bond donors (Lipinski definition) is 2. The van der Waals surface area contributed by atoms with Crippen molar-refractivity contribution in [1.82, 2.24) is 10.6 Å². The van der Waals surface area contributed by atoms with E-state index in [1.54, 1.807) is 48.5 Å². The summed E-state index contributed by atoms with van der Waals surface area (Å²) in [6, 6.07) is 13.8. The number of carbonyl (C=O) groups excluding carboxylic acids is 2. The molecule has 0 atom stereocenters. The number of ether oxygens (including phenoxy) is 1. The average Bonchev–Trinajstić information content (AvgIpc) is 2.63. The van der Waals surface area contributed by atoms with Crippen LogP contribution in [0.25, 0.3) is 0 Å². The molecule has 0 aliphatic carbocycles. The highest BCUT2D eigenvalue weighted by atomic mass is 35.5. The van der Waals surface area contributed by atoms with Gasteiger partial charge in [-0.3, -0.25) is 9.59 Å². The van der Waals surface area contributed by atoms with Crippen molar-refractivity contribution in [1.29, 1.82) is 0 Å². The maximum Gasteiger partial charge on any atom is 0.257 e. The van der Waals surface area contributed by atoms with Gasteiger partial charge in [-0.05, 0) is 42.0 Å². The molecule has 142 valence electrons. The van der Waals surface area contributed by atoms with E-state index < -0.39 is 0 Å². The van der Waals surface area contributed by atoms with Crippen LogP contribution in [0.4, 0.5) is 0 Å². The molecule has 0 heterocycles. The topological polar surface area (TPSA) is 67.4 Å². The summed E-state index contributed by atoms with van der Waals surface area (Å²) in [4.78, 5) is 23.7. The van der Waals surface area contributed by atoms with Crippen LogP contribution in [0.15, 0.2) is 60.8 Å². The summed E-state index contributed by atoms with van der Waals surface area (Å²) < 4.78 is 5.35. The number of nitrogens with one attached hydrogen (secondary N) is 2. The van der Waals surface area contributed by atoms with Gasteiger partial charge in [0.1, 0.15) is 5.75 Å². The van der Waals surface area contributed by atoms with E-state index in [1.807, 2.05) is 0 Å². The molecule has 2 aromatic carbocycles. The predicted molar refractivity (Wildman–Crippen MR) is 107 cm³/mol.